The summed E-state index contributed by atoms with van der Waals surface area (Å²) in [5.74, 6) is 0.728. The molecule has 142 valence electrons. The molecule has 0 spiro atoms. The lowest BCUT2D eigenvalue weighted by Gasteiger charge is -2.16. The number of rotatable bonds is 4. The topological polar surface area (TPSA) is 63.6 Å². The molecule has 0 amide bonds. The van der Waals surface area contributed by atoms with Gasteiger partial charge in [0.1, 0.15) is 4.83 Å². The molecule has 0 atom stereocenters. The second-order valence-corrected chi connectivity index (χ2v) is 9.02. The summed E-state index contributed by atoms with van der Waals surface area (Å²) >= 11 is 3.07. The molecular formula is C21H20N4OS2. The van der Waals surface area contributed by atoms with E-state index in [0.29, 0.717) is 10.5 Å². The van der Waals surface area contributed by atoms with E-state index in [0.717, 1.165) is 33.7 Å². The molecule has 0 bridgehead atoms. The van der Waals surface area contributed by atoms with E-state index < -0.39 is 0 Å². The van der Waals surface area contributed by atoms with Crippen LogP contribution in [0.5, 0.6) is 0 Å². The Morgan fingerprint density at radius 3 is 2.93 bits per heavy atom. The molecule has 0 saturated heterocycles. The van der Waals surface area contributed by atoms with Crippen LogP contribution in [0.3, 0.4) is 0 Å². The van der Waals surface area contributed by atoms with Crippen molar-refractivity contribution in [2.24, 2.45) is 7.05 Å². The lowest BCUT2D eigenvalue weighted by molar-refractivity contribution is 0.686. The number of nitrogens with one attached hydrogen (secondary N) is 1. The van der Waals surface area contributed by atoms with Crippen LogP contribution < -0.4 is 5.56 Å². The first kappa shape index (κ1) is 17.7. The normalized spacial score (nSPS) is 13.8. The summed E-state index contributed by atoms with van der Waals surface area (Å²) in [6, 6.07) is 6.64. The number of aryl methyl sites for hydroxylation is 3. The molecular weight excluding hydrogens is 388 g/mol. The smallest absolute Gasteiger partial charge is 0.260 e. The Morgan fingerprint density at radius 1 is 1.25 bits per heavy atom. The number of fused-ring (bicyclic) bond motifs is 2. The van der Waals surface area contributed by atoms with Gasteiger partial charge in [-0.3, -0.25) is 9.48 Å². The molecule has 0 saturated carbocycles. The van der Waals surface area contributed by atoms with E-state index in [1.807, 2.05) is 19.4 Å². The second kappa shape index (κ2) is 7.22. The Labute approximate surface area is 170 Å². The number of aromatic nitrogens is 4. The molecule has 1 N–H and O–H groups in total. The molecule has 28 heavy (non-hydrogen) atoms. The van der Waals surface area contributed by atoms with Crippen LogP contribution in [0.2, 0.25) is 0 Å². The van der Waals surface area contributed by atoms with Crippen molar-refractivity contribution in [1.29, 1.82) is 0 Å². The van der Waals surface area contributed by atoms with Gasteiger partial charge in [0.05, 0.1) is 11.6 Å². The van der Waals surface area contributed by atoms with Crippen LogP contribution in [-0.2, 0) is 25.6 Å². The van der Waals surface area contributed by atoms with Gasteiger partial charge in [-0.1, -0.05) is 30.0 Å². The zero-order valence-corrected chi connectivity index (χ0v) is 17.2. The average Bonchev–Trinajstić information content (AvgIpc) is 3.32. The van der Waals surface area contributed by atoms with Gasteiger partial charge in [0.2, 0.25) is 0 Å². The minimum atomic E-state index is -0.0624. The zero-order valence-electron chi connectivity index (χ0n) is 15.6. The van der Waals surface area contributed by atoms with Crippen molar-refractivity contribution in [1.82, 2.24) is 19.7 Å². The van der Waals surface area contributed by atoms with Gasteiger partial charge in [0.15, 0.2) is 5.16 Å². The summed E-state index contributed by atoms with van der Waals surface area (Å²) in [5.41, 5.74) is 6.04. The largest absolute Gasteiger partial charge is 0.301 e. The van der Waals surface area contributed by atoms with Crippen molar-refractivity contribution in [3.63, 3.8) is 0 Å². The first-order valence-electron chi connectivity index (χ1n) is 9.41. The number of hydrogen-bond donors (Lipinski definition) is 1. The zero-order chi connectivity index (χ0) is 19.1. The van der Waals surface area contributed by atoms with E-state index in [4.69, 9.17) is 4.98 Å². The summed E-state index contributed by atoms with van der Waals surface area (Å²) in [6.07, 6.45) is 8.64. The fourth-order valence-corrected chi connectivity index (χ4v) is 5.59. The molecule has 3 aromatic heterocycles. The van der Waals surface area contributed by atoms with Crippen molar-refractivity contribution >= 4 is 33.3 Å². The summed E-state index contributed by atoms with van der Waals surface area (Å²) in [5, 5.41) is 7.59. The molecule has 1 aliphatic carbocycles. The van der Waals surface area contributed by atoms with Crippen molar-refractivity contribution < 1.29 is 0 Å². The third-order valence-electron chi connectivity index (χ3n) is 5.22. The SMILES string of the molecule is Cn1cc(CSc2nc3scc(-c4ccc5c(c4)CCCC5)c3c(=O)[nH]2)cn1. The van der Waals surface area contributed by atoms with Crippen molar-refractivity contribution in [3.8, 4) is 11.1 Å². The van der Waals surface area contributed by atoms with Crippen LogP contribution in [0.25, 0.3) is 21.3 Å². The molecule has 1 aromatic carbocycles. The molecule has 0 radical (unpaired) electrons. The highest BCUT2D eigenvalue weighted by Gasteiger charge is 2.16. The van der Waals surface area contributed by atoms with Gasteiger partial charge in [-0.15, -0.1) is 11.3 Å². The number of thiophene rings is 1. The van der Waals surface area contributed by atoms with Crippen molar-refractivity contribution in [3.05, 3.63) is 63.0 Å². The van der Waals surface area contributed by atoms with E-state index in [1.165, 1.54) is 53.5 Å². The molecule has 0 unspecified atom stereocenters. The lowest BCUT2D eigenvalue weighted by atomic mass is 9.89. The quantitative estimate of drug-likeness (QED) is 0.397. The van der Waals surface area contributed by atoms with Crippen LogP contribution in [-0.4, -0.2) is 19.7 Å². The van der Waals surface area contributed by atoms with Crippen LogP contribution in [0.1, 0.15) is 29.5 Å². The standard InChI is InChI=1S/C21H20N4OS2/c1-25-10-13(9-22-25)11-28-21-23-19(26)18-17(12-27-20(18)24-21)16-7-6-14-4-2-3-5-15(14)8-16/h6-10,12H,2-5,11H2,1H3,(H,23,24,26). The van der Waals surface area contributed by atoms with Crippen LogP contribution >= 0.6 is 23.1 Å². The van der Waals surface area contributed by atoms with Crippen LogP contribution in [0, 0.1) is 0 Å². The molecule has 0 aliphatic heterocycles. The number of thioether (sulfide) groups is 1. The first-order chi connectivity index (χ1) is 13.7. The van der Waals surface area contributed by atoms with Crippen LogP contribution in [0.15, 0.2) is 45.9 Å². The van der Waals surface area contributed by atoms with Gasteiger partial charge < -0.3 is 4.98 Å². The molecule has 5 rings (SSSR count). The number of aromatic amines is 1. The minimum Gasteiger partial charge on any atom is -0.301 e. The maximum atomic E-state index is 12.8. The van der Waals surface area contributed by atoms with E-state index in [9.17, 15) is 4.79 Å². The molecule has 1 aliphatic rings. The summed E-state index contributed by atoms with van der Waals surface area (Å²) in [6.45, 7) is 0. The maximum Gasteiger partial charge on any atom is 0.260 e. The van der Waals surface area contributed by atoms with Gasteiger partial charge in [-0.05, 0) is 42.4 Å². The highest BCUT2D eigenvalue weighted by molar-refractivity contribution is 7.98. The maximum absolute atomic E-state index is 12.8. The summed E-state index contributed by atoms with van der Waals surface area (Å²) in [4.78, 5) is 21.3. The van der Waals surface area contributed by atoms with E-state index >= 15 is 0 Å². The van der Waals surface area contributed by atoms with E-state index in [2.05, 4.69) is 33.7 Å². The Hall–Kier alpha value is -2.38. The highest BCUT2D eigenvalue weighted by atomic mass is 32.2. The van der Waals surface area contributed by atoms with Gasteiger partial charge >= 0.3 is 0 Å². The summed E-state index contributed by atoms with van der Waals surface area (Å²) in [7, 11) is 1.90. The second-order valence-electron chi connectivity index (χ2n) is 7.20. The monoisotopic (exact) mass is 408 g/mol. The molecule has 4 aromatic rings. The average molecular weight is 409 g/mol. The number of benzene rings is 1. The highest BCUT2D eigenvalue weighted by Crippen LogP contribution is 2.34. The third-order valence-corrected chi connectivity index (χ3v) is 7.03. The Balaban J connectivity index is 1.48. The fraction of sp³-hybridized carbons (Fsp3) is 0.286. The first-order valence-corrected chi connectivity index (χ1v) is 11.3. The van der Waals surface area contributed by atoms with E-state index in [-0.39, 0.29) is 5.56 Å². The Morgan fingerprint density at radius 2 is 2.11 bits per heavy atom. The Bertz CT molecular complexity index is 1220. The van der Waals surface area contributed by atoms with Gasteiger partial charge in [0, 0.05) is 35.5 Å². The lowest BCUT2D eigenvalue weighted by Crippen LogP contribution is -2.09. The molecule has 7 heteroatoms. The van der Waals surface area contributed by atoms with Gasteiger partial charge in [-0.2, -0.15) is 5.10 Å². The predicted octanol–water partition coefficient (Wildman–Crippen LogP) is 4.56. The number of H-pyrrole nitrogens is 1. The number of hydrogen-bond acceptors (Lipinski definition) is 5. The Kier molecular flexibility index (Phi) is 4.56. The summed E-state index contributed by atoms with van der Waals surface area (Å²) < 4.78 is 1.78. The third kappa shape index (κ3) is 3.29. The number of nitrogens with zero attached hydrogens (tertiary/aromatic N) is 3. The predicted molar refractivity (Wildman–Crippen MR) is 115 cm³/mol. The minimum absolute atomic E-state index is 0.0624. The van der Waals surface area contributed by atoms with Crippen molar-refractivity contribution in [2.45, 2.75) is 36.6 Å². The molecule has 5 nitrogen and oxygen atoms in total. The fourth-order valence-electron chi connectivity index (χ4n) is 3.81. The van der Waals surface area contributed by atoms with E-state index in [1.54, 1.807) is 4.68 Å². The van der Waals surface area contributed by atoms with Crippen LogP contribution in [0.4, 0.5) is 0 Å². The molecule has 0 fully saturated rings. The molecule has 3 heterocycles. The van der Waals surface area contributed by atoms with Gasteiger partial charge in [-0.25, -0.2) is 4.98 Å². The van der Waals surface area contributed by atoms with Gasteiger partial charge in [0.25, 0.3) is 5.56 Å². The van der Waals surface area contributed by atoms with Crippen molar-refractivity contribution in [2.75, 3.05) is 0 Å².